The van der Waals surface area contributed by atoms with E-state index in [0.29, 0.717) is 17.5 Å². The molecule has 1 aromatic heterocycles. The Bertz CT molecular complexity index is 2300. The van der Waals surface area contributed by atoms with Crippen LogP contribution in [0.15, 0.2) is 140 Å². The van der Waals surface area contributed by atoms with Gasteiger partial charge in [0.2, 0.25) is 0 Å². The highest BCUT2D eigenvalue weighted by molar-refractivity contribution is 5.89. The molecule has 3 heteroatoms. The van der Waals surface area contributed by atoms with Crippen molar-refractivity contribution in [2.45, 2.75) is 25.7 Å². The van der Waals surface area contributed by atoms with E-state index in [1.165, 1.54) is 44.5 Å². The second-order valence-corrected chi connectivity index (χ2v) is 12.9. The van der Waals surface area contributed by atoms with E-state index < -0.39 is 0 Å². The zero-order chi connectivity index (χ0) is 30.8. The number of hydrogen-bond donors (Lipinski definition) is 0. The highest BCUT2D eigenvalue weighted by Crippen LogP contribution is 2.52. The van der Waals surface area contributed by atoms with Crippen molar-refractivity contribution in [3.05, 3.63) is 162 Å². The van der Waals surface area contributed by atoms with Crippen molar-refractivity contribution in [2.75, 3.05) is 0 Å². The summed E-state index contributed by atoms with van der Waals surface area (Å²) in [5, 5.41) is 0. The summed E-state index contributed by atoms with van der Waals surface area (Å²) < 4.78 is 0. The fourth-order valence-corrected chi connectivity index (χ4v) is 7.33. The van der Waals surface area contributed by atoms with E-state index in [1.54, 1.807) is 0 Å². The van der Waals surface area contributed by atoms with Gasteiger partial charge in [-0.3, -0.25) is 0 Å². The van der Waals surface area contributed by atoms with Crippen molar-refractivity contribution >= 4 is 0 Å². The summed E-state index contributed by atoms with van der Waals surface area (Å²) in [7, 11) is 0. The van der Waals surface area contributed by atoms with Crippen LogP contribution >= 0.6 is 0 Å². The van der Waals surface area contributed by atoms with Crippen molar-refractivity contribution in [3.8, 4) is 67.5 Å². The number of fused-ring (bicyclic) bond motifs is 6. The van der Waals surface area contributed by atoms with Crippen LogP contribution < -0.4 is 0 Å². The maximum Gasteiger partial charge on any atom is 0.164 e. The van der Waals surface area contributed by atoms with Gasteiger partial charge < -0.3 is 0 Å². The second kappa shape index (κ2) is 10.2. The zero-order valence-corrected chi connectivity index (χ0v) is 25.8. The molecule has 6 aromatic carbocycles. The molecule has 0 radical (unpaired) electrons. The standard InChI is InChI=1S/C43H31N3/c1-43(2)38-19-10-9-18-34(38)37-26-36-33(25-39(37)43)23-30-20-21-32(24-35(30)36)42-45-40(28-14-7-4-8-15-28)44-41(46-42)31-17-11-16-29(22-31)27-12-5-3-6-13-27/h3-22,24-26H,23H2,1-2H3. The lowest BCUT2D eigenvalue weighted by Crippen LogP contribution is -2.15. The molecule has 3 nitrogen and oxygen atoms in total. The molecule has 0 fully saturated rings. The van der Waals surface area contributed by atoms with E-state index in [9.17, 15) is 0 Å². The molecule has 0 aliphatic heterocycles. The molecule has 0 atom stereocenters. The summed E-state index contributed by atoms with van der Waals surface area (Å²) in [5.41, 5.74) is 16.1. The Balaban J connectivity index is 1.18. The van der Waals surface area contributed by atoms with Gasteiger partial charge in [-0.15, -0.1) is 0 Å². The van der Waals surface area contributed by atoms with E-state index in [0.717, 1.165) is 34.2 Å². The molecule has 0 bridgehead atoms. The predicted octanol–water partition coefficient (Wildman–Crippen LogP) is 10.4. The number of aromatic nitrogens is 3. The van der Waals surface area contributed by atoms with Crippen LogP contribution in [0.25, 0.3) is 67.5 Å². The van der Waals surface area contributed by atoms with Gasteiger partial charge in [-0.25, -0.2) is 15.0 Å². The lowest BCUT2D eigenvalue weighted by Gasteiger charge is -2.22. The van der Waals surface area contributed by atoms with Crippen LogP contribution in [0.3, 0.4) is 0 Å². The molecule has 0 N–H and O–H groups in total. The summed E-state index contributed by atoms with van der Waals surface area (Å²) >= 11 is 0. The van der Waals surface area contributed by atoms with Crippen molar-refractivity contribution in [2.24, 2.45) is 0 Å². The van der Waals surface area contributed by atoms with Gasteiger partial charge in [0.15, 0.2) is 17.5 Å². The van der Waals surface area contributed by atoms with Crippen molar-refractivity contribution in [1.29, 1.82) is 0 Å². The van der Waals surface area contributed by atoms with Crippen LogP contribution in [-0.2, 0) is 11.8 Å². The van der Waals surface area contributed by atoms with Gasteiger partial charge in [-0.1, -0.05) is 135 Å². The highest BCUT2D eigenvalue weighted by Gasteiger charge is 2.37. The Labute approximate surface area is 269 Å². The maximum absolute atomic E-state index is 5.10. The number of benzene rings is 6. The molecule has 218 valence electrons. The number of hydrogen-bond acceptors (Lipinski definition) is 3. The minimum Gasteiger partial charge on any atom is -0.208 e. The van der Waals surface area contributed by atoms with Crippen LogP contribution in [0.2, 0.25) is 0 Å². The number of rotatable bonds is 4. The normalized spacial score (nSPS) is 13.5. The summed E-state index contributed by atoms with van der Waals surface area (Å²) in [5.74, 6) is 2.01. The summed E-state index contributed by atoms with van der Waals surface area (Å²) in [6.07, 6.45) is 0.939. The fraction of sp³-hybridized carbons (Fsp3) is 0.0930. The van der Waals surface area contributed by atoms with Crippen molar-refractivity contribution in [1.82, 2.24) is 15.0 Å². The van der Waals surface area contributed by atoms with Crippen LogP contribution in [-0.4, -0.2) is 15.0 Å². The Kier molecular flexibility index (Phi) is 5.91. The minimum atomic E-state index is -0.00613. The Morgan fingerprint density at radius 1 is 0.391 bits per heavy atom. The molecule has 7 aromatic rings. The van der Waals surface area contributed by atoms with Crippen LogP contribution in [0.5, 0.6) is 0 Å². The van der Waals surface area contributed by atoms with Gasteiger partial charge in [-0.2, -0.15) is 0 Å². The van der Waals surface area contributed by atoms with Crippen LogP contribution in [0.4, 0.5) is 0 Å². The number of nitrogens with zero attached hydrogens (tertiary/aromatic N) is 3. The summed E-state index contributed by atoms with van der Waals surface area (Å²) in [6.45, 7) is 4.70. The van der Waals surface area contributed by atoms with E-state index >= 15 is 0 Å². The first-order valence-electron chi connectivity index (χ1n) is 15.9. The predicted molar refractivity (Wildman–Crippen MR) is 187 cm³/mol. The summed E-state index contributed by atoms with van der Waals surface area (Å²) in [4.78, 5) is 15.1. The van der Waals surface area contributed by atoms with Crippen LogP contribution in [0.1, 0.15) is 36.1 Å². The average molecular weight is 590 g/mol. The molecule has 0 spiro atoms. The minimum absolute atomic E-state index is 0.00613. The molecule has 0 amide bonds. The monoisotopic (exact) mass is 589 g/mol. The third-order valence-corrected chi connectivity index (χ3v) is 9.74. The zero-order valence-electron chi connectivity index (χ0n) is 25.8. The van der Waals surface area contributed by atoms with Crippen LogP contribution in [0, 0.1) is 0 Å². The second-order valence-electron chi connectivity index (χ2n) is 12.9. The topological polar surface area (TPSA) is 38.7 Å². The Morgan fingerprint density at radius 2 is 0.978 bits per heavy atom. The first-order valence-corrected chi connectivity index (χ1v) is 15.9. The fourth-order valence-electron chi connectivity index (χ4n) is 7.33. The van der Waals surface area contributed by atoms with Gasteiger partial charge in [-0.05, 0) is 80.3 Å². The molecule has 2 aliphatic carbocycles. The molecular formula is C43H31N3. The third kappa shape index (κ3) is 4.23. The third-order valence-electron chi connectivity index (χ3n) is 9.74. The molecule has 0 saturated heterocycles. The molecule has 1 heterocycles. The quantitative estimate of drug-likeness (QED) is 0.205. The van der Waals surface area contributed by atoms with E-state index in [-0.39, 0.29) is 5.41 Å². The van der Waals surface area contributed by atoms with Gasteiger partial charge in [0, 0.05) is 22.1 Å². The molecule has 9 rings (SSSR count). The lowest BCUT2D eigenvalue weighted by atomic mass is 9.81. The Morgan fingerprint density at radius 3 is 1.74 bits per heavy atom. The SMILES string of the molecule is CC1(C)c2ccccc2-c2cc3c(cc21)Cc1ccc(-c2nc(-c4ccccc4)nc(-c4cccc(-c5ccccc5)c4)n2)cc1-3. The molecular weight excluding hydrogens is 558 g/mol. The van der Waals surface area contributed by atoms with Crippen molar-refractivity contribution in [3.63, 3.8) is 0 Å². The highest BCUT2D eigenvalue weighted by atomic mass is 15.0. The smallest absolute Gasteiger partial charge is 0.164 e. The van der Waals surface area contributed by atoms with E-state index in [1.807, 2.05) is 24.3 Å². The largest absolute Gasteiger partial charge is 0.208 e. The van der Waals surface area contributed by atoms with Gasteiger partial charge in [0.25, 0.3) is 0 Å². The average Bonchev–Trinajstić information content (AvgIpc) is 3.59. The van der Waals surface area contributed by atoms with Gasteiger partial charge >= 0.3 is 0 Å². The molecule has 0 unspecified atom stereocenters. The first kappa shape index (κ1) is 26.7. The molecule has 2 aliphatic rings. The van der Waals surface area contributed by atoms with E-state index in [4.69, 9.17) is 15.0 Å². The van der Waals surface area contributed by atoms with Gasteiger partial charge in [0.05, 0.1) is 0 Å². The van der Waals surface area contributed by atoms with E-state index in [2.05, 4.69) is 129 Å². The summed E-state index contributed by atoms with van der Waals surface area (Å²) in [6, 6.07) is 49.5. The maximum atomic E-state index is 5.10. The molecule has 0 saturated carbocycles. The van der Waals surface area contributed by atoms with Gasteiger partial charge in [0.1, 0.15) is 0 Å². The Hall–Kier alpha value is -5.67. The first-order chi connectivity index (χ1) is 22.5. The van der Waals surface area contributed by atoms with Crippen molar-refractivity contribution < 1.29 is 0 Å². The lowest BCUT2D eigenvalue weighted by molar-refractivity contribution is 0.659. The molecule has 46 heavy (non-hydrogen) atoms.